The van der Waals surface area contributed by atoms with E-state index in [0.717, 1.165) is 6.07 Å². The van der Waals surface area contributed by atoms with Crippen LogP contribution in [0.4, 0.5) is 8.78 Å². The number of halogens is 2. The van der Waals surface area contributed by atoms with Crippen molar-refractivity contribution in [3.63, 3.8) is 0 Å². The minimum Gasteiger partial charge on any atom is -0.496 e. The molecule has 0 atom stereocenters. The monoisotopic (exact) mass is 250 g/mol. The molecule has 0 saturated heterocycles. The van der Waals surface area contributed by atoms with Crippen LogP contribution in [0.15, 0.2) is 35.7 Å². The molecule has 2 nitrogen and oxygen atoms in total. The number of ketones is 1. The van der Waals surface area contributed by atoms with E-state index in [9.17, 15) is 13.6 Å². The van der Waals surface area contributed by atoms with Gasteiger partial charge in [-0.2, -0.15) is 0 Å². The number of aryl methyl sites for hydroxylation is 1. The van der Waals surface area contributed by atoms with Crippen molar-refractivity contribution in [3.8, 4) is 5.75 Å². The summed E-state index contributed by atoms with van der Waals surface area (Å²) in [5.74, 6) is -0.956. The lowest BCUT2D eigenvalue weighted by atomic mass is 9.99. The molecule has 0 aromatic heterocycles. The largest absolute Gasteiger partial charge is 0.496 e. The smallest absolute Gasteiger partial charge is 0.193 e. The average molecular weight is 250 g/mol. The predicted octanol–water partition coefficient (Wildman–Crippen LogP) is 3.51. The zero-order valence-electron chi connectivity index (χ0n) is 10.1. The first-order chi connectivity index (χ1) is 8.52. The number of carbonyl (C=O) groups is 1. The highest BCUT2D eigenvalue weighted by molar-refractivity contribution is 6.11. The minimum absolute atomic E-state index is 0.0441. The Balaban J connectivity index is 2.42. The first-order valence-corrected chi connectivity index (χ1v) is 5.47. The van der Waals surface area contributed by atoms with Gasteiger partial charge in [-0.1, -0.05) is 6.08 Å². The maximum Gasteiger partial charge on any atom is 0.193 e. The van der Waals surface area contributed by atoms with E-state index in [1.807, 2.05) is 0 Å². The fourth-order valence-electron chi connectivity index (χ4n) is 1.99. The molecule has 0 aliphatic heterocycles. The van der Waals surface area contributed by atoms with Gasteiger partial charge < -0.3 is 4.74 Å². The quantitative estimate of drug-likeness (QED) is 0.767. The van der Waals surface area contributed by atoms with Crippen LogP contribution < -0.4 is 4.74 Å². The van der Waals surface area contributed by atoms with Crippen molar-refractivity contribution in [3.05, 3.63) is 52.6 Å². The van der Waals surface area contributed by atoms with Crippen LogP contribution in [0, 0.1) is 12.7 Å². The fraction of sp³-hybridized carbons (Fsp3) is 0.214. The van der Waals surface area contributed by atoms with Crippen molar-refractivity contribution >= 4 is 5.78 Å². The lowest BCUT2D eigenvalue weighted by Crippen LogP contribution is -2.06. The molecular weight excluding hydrogens is 238 g/mol. The zero-order chi connectivity index (χ0) is 13.3. The second-order valence-corrected chi connectivity index (χ2v) is 4.11. The van der Waals surface area contributed by atoms with Crippen molar-refractivity contribution < 1.29 is 18.3 Å². The van der Waals surface area contributed by atoms with Gasteiger partial charge >= 0.3 is 0 Å². The summed E-state index contributed by atoms with van der Waals surface area (Å²) in [5, 5.41) is 0. The van der Waals surface area contributed by atoms with E-state index >= 15 is 0 Å². The Labute approximate surface area is 104 Å². The molecule has 0 radical (unpaired) electrons. The molecule has 0 fully saturated rings. The Bertz CT molecular complexity index is 571. The third kappa shape index (κ3) is 2.18. The van der Waals surface area contributed by atoms with Gasteiger partial charge in [0, 0.05) is 12.0 Å². The van der Waals surface area contributed by atoms with Gasteiger partial charge in [-0.25, -0.2) is 8.78 Å². The summed E-state index contributed by atoms with van der Waals surface area (Å²) in [6, 6.07) is 2.41. The average Bonchev–Trinajstić information content (AvgIpc) is 2.74. The minimum atomic E-state index is -0.510. The summed E-state index contributed by atoms with van der Waals surface area (Å²) in [5.41, 5.74) is 0.966. The molecule has 94 valence electrons. The van der Waals surface area contributed by atoms with Gasteiger partial charge in [0.15, 0.2) is 5.78 Å². The van der Waals surface area contributed by atoms with Gasteiger partial charge in [-0.3, -0.25) is 4.79 Å². The second kappa shape index (κ2) is 4.72. The molecule has 0 saturated carbocycles. The molecule has 4 heteroatoms. The number of benzene rings is 1. The summed E-state index contributed by atoms with van der Waals surface area (Å²) < 4.78 is 31.4. The molecule has 1 aromatic carbocycles. The third-order valence-corrected chi connectivity index (χ3v) is 2.80. The Morgan fingerprint density at radius 3 is 2.56 bits per heavy atom. The van der Waals surface area contributed by atoms with E-state index in [0.29, 0.717) is 16.9 Å². The van der Waals surface area contributed by atoms with Crippen LogP contribution in [0.1, 0.15) is 22.3 Å². The maximum atomic E-state index is 13.4. The van der Waals surface area contributed by atoms with E-state index in [1.165, 1.54) is 25.3 Å². The van der Waals surface area contributed by atoms with Gasteiger partial charge in [0.25, 0.3) is 0 Å². The Kier molecular flexibility index (Phi) is 3.28. The lowest BCUT2D eigenvalue weighted by molar-refractivity contribution is 0.102. The standard InChI is InChI=1S/C14H12F2O2/c1-8-5-11(16)7-12(14(8)18-2)13(17)9-3-4-10(15)6-9/h3-5,7H,6H2,1-2H3. The summed E-state index contributed by atoms with van der Waals surface area (Å²) in [4.78, 5) is 12.2. The maximum absolute atomic E-state index is 13.4. The predicted molar refractivity (Wildman–Crippen MR) is 63.9 cm³/mol. The van der Waals surface area contributed by atoms with Gasteiger partial charge in [-0.05, 0) is 30.7 Å². The molecule has 0 heterocycles. The van der Waals surface area contributed by atoms with Crippen LogP contribution in [0.25, 0.3) is 0 Å². The van der Waals surface area contributed by atoms with E-state index < -0.39 is 11.6 Å². The van der Waals surface area contributed by atoms with E-state index in [-0.39, 0.29) is 17.8 Å². The van der Waals surface area contributed by atoms with E-state index in [1.54, 1.807) is 6.92 Å². The summed E-state index contributed by atoms with van der Waals surface area (Å²) in [7, 11) is 1.42. The van der Waals surface area contributed by atoms with Crippen LogP contribution in [0.3, 0.4) is 0 Å². The number of methoxy groups -OCH3 is 1. The summed E-state index contributed by atoms with van der Waals surface area (Å²) >= 11 is 0. The number of Topliss-reactive ketones (excluding diaryl/α,β-unsaturated/α-hetero) is 1. The first kappa shape index (κ1) is 12.5. The molecule has 1 aromatic rings. The van der Waals surface area contributed by atoms with Crippen LogP contribution >= 0.6 is 0 Å². The Hall–Kier alpha value is -1.97. The molecule has 0 N–H and O–H groups in total. The van der Waals surface area contributed by atoms with Crippen molar-refractivity contribution in [1.82, 2.24) is 0 Å². The number of allylic oxidation sites excluding steroid dienone is 4. The molecule has 0 unspecified atom stereocenters. The number of ether oxygens (including phenoxy) is 1. The Morgan fingerprint density at radius 1 is 1.28 bits per heavy atom. The van der Waals surface area contributed by atoms with Crippen molar-refractivity contribution in [1.29, 1.82) is 0 Å². The van der Waals surface area contributed by atoms with Gasteiger partial charge in [0.2, 0.25) is 0 Å². The number of hydrogen-bond acceptors (Lipinski definition) is 2. The molecule has 2 rings (SSSR count). The number of rotatable bonds is 3. The highest BCUT2D eigenvalue weighted by Gasteiger charge is 2.22. The SMILES string of the molecule is COc1c(C)cc(F)cc1C(=O)C1=CC=C(F)C1. The molecule has 0 amide bonds. The first-order valence-electron chi connectivity index (χ1n) is 5.47. The van der Waals surface area contributed by atoms with E-state index in [2.05, 4.69) is 0 Å². The Morgan fingerprint density at radius 2 is 2.00 bits per heavy atom. The number of carbonyl (C=O) groups excluding carboxylic acids is 1. The molecule has 0 bridgehead atoms. The van der Waals surface area contributed by atoms with Crippen molar-refractivity contribution in [2.45, 2.75) is 13.3 Å². The number of hydrogen-bond donors (Lipinski definition) is 0. The lowest BCUT2D eigenvalue weighted by Gasteiger charge is -2.11. The third-order valence-electron chi connectivity index (χ3n) is 2.80. The molecule has 1 aliphatic carbocycles. The van der Waals surface area contributed by atoms with Gasteiger partial charge in [-0.15, -0.1) is 0 Å². The molecular formula is C14H12F2O2. The molecule has 1 aliphatic rings. The highest BCUT2D eigenvalue weighted by Crippen LogP contribution is 2.30. The zero-order valence-corrected chi connectivity index (χ0v) is 10.1. The van der Waals surface area contributed by atoms with Crippen molar-refractivity contribution in [2.75, 3.05) is 7.11 Å². The normalized spacial score (nSPS) is 14.2. The topological polar surface area (TPSA) is 26.3 Å². The summed E-state index contributed by atoms with van der Waals surface area (Å²) in [6.07, 6.45) is 2.61. The summed E-state index contributed by atoms with van der Waals surface area (Å²) in [6.45, 7) is 1.65. The van der Waals surface area contributed by atoms with Crippen LogP contribution in [-0.4, -0.2) is 12.9 Å². The van der Waals surface area contributed by atoms with Crippen LogP contribution in [-0.2, 0) is 0 Å². The molecule has 0 spiro atoms. The van der Waals surface area contributed by atoms with Gasteiger partial charge in [0.05, 0.1) is 12.7 Å². The fourth-order valence-corrected chi connectivity index (χ4v) is 1.99. The van der Waals surface area contributed by atoms with Gasteiger partial charge in [0.1, 0.15) is 17.4 Å². The molecule has 18 heavy (non-hydrogen) atoms. The highest BCUT2D eigenvalue weighted by atomic mass is 19.1. The second-order valence-electron chi connectivity index (χ2n) is 4.11. The van der Waals surface area contributed by atoms with Crippen LogP contribution in [0.5, 0.6) is 5.75 Å². The van der Waals surface area contributed by atoms with Crippen molar-refractivity contribution in [2.24, 2.45) is 0 Å². The van der Waals surface area contributed by atoms with Crippen LogP contribution in [0.2, 0.25) is 0 Å². The van der Waals surface area contributed by atoms with E-state index in [4.69, 9.17) is 4.74 Å².